The van der Waals surface area contributed by atoms with Crippen LogP contribution in [0.25, 0.3) is 0 Å². The van der Waals surface area contributed by atoms with Crippen molar-refractivity contribution in [3.63, 3.8) is 0 Å². The molecule has 2 nitrogen and oxygen atoms in total. The second kappa shape index (κ2) is 1.62. The fourth-order valence-electron chi connectivity index (χ4n) is 2.64. The van der Waals surface area contributed by atoms with Gasteiger partial charge in [0.2, 0.25) is 0 Å². The summed E-state index contributed by atoms with van der Waals surface area (Å²) in [5, 5.41) is 3.29. The first-order valence-electron chi connectivity index (χ1n) is 3.85. The van der Waals surface area contributed by atoms with E-state index in [1.807, 2.05) is 0 Å². The van der Waals surface area contributed by atoms with Crippen LogP contribution < -0.4 is 5.32 Å². The number of hydrogen-bond donors (Lipinski definition) is 1. The minimum Gasteiger partial charge on any atom is -0.315 e. The number of hydrogen-bond acceptors (Lipinski definition) is 2. The zero-order valence-electron chi connectivity index (χ0n) is 6.31. The Labute approximate surface area is 61.0 Å². The third kappa shape index (κ3) is 0.655. The third-order valence-electron chi connectivity index (χ3n) is 2.84. The van der Waals surface area contributed by atoms with Crippen molar-refractivity contribution < 1.29 is 4.79 Å². The van der Waals surface area contributed by atoms with E-state index in [1.165, 1.54) is 0 Å². The highest BCUT2D eigenvalue weighted by atomic mass is 16.1. The quantitative estimate of drug-likeness (QED) is 0.538. The first-order valence-corrected chi connectivity index (χ1v) is 3.85. The Morgan fingerprint density at radius 1 is 1.40 bits per heavy atom. The monoisotopic (exact) mass is 139 g/mol. The summed E-state index contributed by atoms with van der Waals surface area (Å²) in [5.74, 6) is 0. The molecule has 0 aromatic rings. The molecule has 1 aliphatic carbocycles. The van der Waals surface area contributed by atoms with Gasteiger partial charge >= 0.3 is 0 Å². The summed E-state index contributed by atoms with van der Waals surface area (Å²) < 4.78 is 0. The molecule has 0 unspecified atom stereocenters. The zero-order valence-corrected chi connectivity index (χ0v) is 6.31. The second-order valence-electron chi connectivity index (χ2n) is 4.25. The molecule has 1 saturated carbocycles. The van der Waals surface area contributed by atoms with E-state index in [9.17, 15) is 4.79 Å². The Kier molecular flexibility index (Phi) is 1.03. The molecule has 0 spiro atoms. The summed E-state index contributed by atoms with van der Waals surface area (Å²) in [6.07, 6.45) is 3.36. The average molecular weight is 139 g/mol. The van der Waals surface area contributed by atoms with E-state index in [2.05, 4.69) is 12.2 Å². The van der Waals surface area contributed by atoms with Gasteiger partial charge in [-0.05, 0) is 18.3 Å². The van der Waals surface area contributed by atoms with Crippen LogP contribution in [0.4, 0.5) is 0 Å². The summed E-state index contributed by atoms with van der Waals surface area (Å²) in [4.78, 5) is 10.6. The Bertz CT molecular complexity index is 170. The van der Waals surface area contributed by atoms with E-state index in [4.69, 9.17) is 0 Å². The number of carbonyl (C=O) groups excluding carboxylic acids is 1. The fourth-order valence-corrected chi connectivity index (χ4v) is 2.64. The van der Waals surface area contributed by atoms with Gasteiger partial charge in [-0.15, -0.1) is 0 Å². The van der Waals surface area contributed by atoms with Crippen molar-refractivity contribution >= 4 is 6.29 Å². The molecule has 10 heavy (non-hydrogen) atoms. The largest absolute Gasteiger partial charge is 0.315 e. The Morgan fingerprint density at radius 3 is 2.50 bits per heavy atom. The summed E-state index contributed by atoms with van der Waals surface area (Å²) in [6.45, 7) is 4.26. The fraction of sp³-hybridized carbons (Fsp3) is 0.875. The summed E-state index contributed by atoms with van der Waals surface area (Å²) in [7, 11) is 0. The van der Waals surface area contributed by atoms with Crippen LogP contribution in [0, 0.1) is 10.8 Å². The standard InChI is InChI=1S/C8H13NO/c1-7-2-8(3-7,6-10)5-9-4-7/h6,9H,2-5H2,1H3. The Morgan fingerprint density at radius 2 is 2.10 bits per heavy atom. The maximum atomic E-state index is 10.6. The first kappa shape index (κ1) is 6.35. The second-order valence-corrected chi connectivity index (χ2v) is 4.25. The molecule has 0 atom stereocenters. The molecule has 0 amide bonds. The number of carbonyl (C=O) groups is 1. The number of nitrogens with one attached hydrogen (secondary N) is 1. The minimum absolute atomic E-state index is 0.0347. The predicted octanol–water partition coefficient (Wildman–Crippen LogP) is 0.575. The molecule has 2 heteroatoms. The highest BCUT2D eigenvalue weighted by molar-refractivity contribution is 5.62. The van der Waals surface area contributed by atoms with E-state index >= 15 is 0 Å². The molecule has 3 aliphatic rings. The van der Waals surface area contributed by atoms with Crippen LogP contribution in [-0.2, 0) is 4.79 Å². The van der Waals surface area contributed by atoms with Gasteiger partial charge in [-0.1, -0.05) is 6.92 Å². The van der Waals surface area contributed by atoms with Crippen LogP contribution in [0.5, 0.6) is 0 Å². The van der Waals surface area contributed by atoms with Crippen molar-refractivity contribution in [1.82, 2.24) is 5.32 Å². The predicted molar refractivity (Wildman–Crippen MR) is 38.7 cm³/mol. The van der Waals surface area contributed by atoms with Crippen molar-refractivity contribution in [1.29, 1.82) is 0 Å². The smallest absolute Gasteiger partial charge is 0.127 e. The SMILES string of the molecule is CC12CNCC(C=O)(C1)C2. The van der Waals surface area contributed by atoms with Crippen LogP contribution in [0.15, 0.2) is 0 Å². The van der Waals surface area contributed by atoms with E-state index < -0.39 is 0 Å². The summed E-state index contributed by atoms with van der Waals surface area (Å²) in [6, 6.07) is 0. The normalized spacial score (nSPS) is 51.7. The highest BCUT2D eigenvalue weighted by Crippen LogP contribution is 2.54. The van der Waals surface area contributed by atoms with Gasteiger partial charge in [0, 0.05) is 18.5 Å². The topological polar surface area (TPSA) is 29.1 Å². The molecule has 0 aromatic carbocycles. The first-order chi connectivity index (χ1) is 4.68. The lowest BCUT2D eigenvalue weighted by atomic mass is 9.52. The zero-order chi connectivity index (χ0) is 7.24. The van der Waals surface area contributed by atoms with Crippen molar-refractivity contribution in [3.05, 3.63) is 0 Å². The molecule has 1 N–H and O–H groups in total. The Hall–Kier alpha value is -0.370. The van der Waals surface area contributed by atoms with Gasteiger partial charge in [0.25, 0.3) is 0 Å². The molecule has 0 aromatic heterocycles. The number of aldehydes is 1. The Balaban J connectivity index is 2.14. The van der Waals surface area contributed by atoms with Crippen LogP contribution in [0.1, 0.15) is 19.8 Å². The molecule has 0 radical (unpaired) electrons. The van der Waals surface area contributed by atoms with Crippen molar-refractivity contribution in [3.8, 4) is 0 Å². The van der Waals surface area contributed by atoms with Gasteiger partial charge in [0.15, 0.2) is 0 Å². The maximum Gasteiger partial charge on any atom is 0.127 e. The highest BCUT2D eigenvalue weighted by Gasteiger charge is 2.54. The number of piperidine rings is 2. The third-order valence-corrected chi connectivity index (χ3v) is 2.84. The van der Waals surface area contributed by atoms with Gasteiger partial charge in [0.1, 0.15) is 6.29 Å². The maximum absolute atomic E-state index is 10.6. The van der Waals surface area contributed by atoms with E-state index in [-0.39, 0.29) is 5.41 Å². The lowest BCUT2D eigenvalue weighted by molar-refractivity contribution is -0.134. The molecule has 3 rings (SSSR count). The van der Waals surface area contributed by atoms with Crippen LogP contribution in [0.3, 0.4) is 0 Å². The van der Waals surface area contributed by atoms with Gasteiger partial charge in [-0.3, -0.25) is 0 Å². The van der Waals surface area contributed by atoms with Gasteiger partial charge in [0.05, 0.1) is 0 Å². The molecule has 2 bridgehead atoms. The van der Waals surface area contributed by atoms with E-state index in [1.54, 1.807) is 0 Å². The van der Waals surface area contributed by atoms with Gasteiger partial charge in [-0.2, -0.15) is 0 Å². The number of rotatable bonds is 1. The minimum atomic E-state index is 0.0347. The van der Waals surface area contributed by atoms with Gasteiger partial charge in [-0.25, -0.2) is 0 Å². The molecule has 2 aliphatic heterocycles. The van der Waals surface area contributed by atoms with Gasteiger partial charge < -0.3 is 10.1 Å². The van der Waals surface area contributed by atoms with Crippen molar-refractivity contribution in [2.24, 2.45) is 10.8 Å². The molecular weight excluding hydrogens is 126 g/mol. The molecule has 56 valence electrons. The average Bonchev–Trinajstić information content (AvgIpc) is 1.86. The van der Waals surface area contributed by atoms with E-state index in [0.29, 0.717) is 5.41 Å². The van der Waals surface area contributed by atoms with Crippen LogP contribution in [-0.4, -0.2) is 19.4 Å². The molecular formula is C8H13NO. The number of fused-ring (bicyclic) bond motifs is 2. The molecule has 2 saturated heterocycles. The van der Waals surface area contributed by atoms with Crippen LogP contribution >= 0.6 is 0 Å². The van der Waals surface area contributed by atoms with Crippen molar-refractivity contribution in [2.75, 3.05) is 13.1 Å². The lowest BCUT2D eigenvalue weighted by Crippen LogP contribution is -2.61. The summed E-state index contributed by atoms with van der Waals surface area (Å²) >= 11 is 0. The van der Waals surface area contributed by atoms with Crippen LogP contribution in [0.2, 0.25) is 0 Å². The van der Waals surface area contributed by atoms with Crippen molar-refractivity contribution in [2.45, 2.75) is 19.8 Å². The van der Waals surface area contributed by atoms with E-state index in [0.717, 1.165) is 32.2 Å². The summed E-state index contributed by atoms with van der Waals surface area (Å²) in [5.41, 5.74) is 0.478. The lowest BCUT2D eigenvalue weighted by Gasteiger charge is -2.56. The molecule has 3 fully saturated rings. The molecule has 2 heterocycles.